The standard InChI is InChI=1S/C13H19FN2OS/c1-9(2)16(5-6-17)8-10-3-4-11(14)7-12(10)13(15)18/h3-4,7,9,17H,5-6,8H2,1-2H3,(H2,15,18). The summed E-state index contributed by atoms with van der Waals surface area (Å²) in [5.41, 5.74) is 7.05. The SMILES string of the molecule is CC(C)N(CCO)Cc1ccc(F)cc1C(N)=S. The quantitative estimate of drug-likeness (QED) is 0.772. The molecule has 0 aromatic heterocycles. The van der Waals surface area contributed by atoms with Crippen LogP contribution in [0.25, 0.3) is 0 Å². The van der Waals surface area contributed by atoms with Crippen LogP contribution in [0.1, 0.15) is 25.0 Å². The molecule has 0 saturated heterocycles. The summed E-state index contributed by atoms with van der Waals surface area (Å²) >= 11 is 4.94. The fraction of sp³-hybridized carbons (Fsp3) is 0.462. The van der Waals surface area contributed by atoms with Gasteiger partial charge in [0.1, 0.15) is 10.8 Å². The molecule has 100 valence electrons. The van der Waals surface area contributed by atoms with Gasteiger partial charge >= 0.3 is 0 Å². The molecule has 1 aromatic carbocycles. The van der Waals surface area contributed by atoms with Crippen LogP contribution in [0.15, 0.2) is 18.2 Å². The summed E-state index contributed by atoms with van der Waals surface area (Å²) in [7, 11) is 0. The molecule has 1 aromatic rings. The Hall–Kier alpha value is -1.04. The molecule has 1 rings (SSSR count). The van der Waals surface area contributed by atoms with Crippen molar-refractivity contribution in [2.24, 2.45) is 5.73 Å². The first kappa shape index (κ1) is 15.0. The molecule has 0 bridgehead atoms. The van der Waals surface area contributed by atoms with Gasteiger partial charge in [0.15, 0.2) is 0 Å². The first-order valence-corrected chi connectivity index (χ1v) is 6.29. The van der Waals surface area contributed by atoms with Crippen molar-refractivity contribution in [1.29, 1.82) is 0 Å². The zero-order valence-corrected chi connectivity index (χ0v) is 11.5. The van der Waals surface area contributed by atoms with Gasteiger partial charge < -0.3 is 10.8 Å². The second-order valence-corrected chi connectivity index (χ2v) is 4.89. The molecule has 18 heavy (non-hydrogen) atoms. The van der Waals surface area contributed by atoms with Crippen molar-refractivity contribution < 1.29 is 9.50 Å². The Morgan fingerprint density at radius 2 is 2.17 bits per heavy atom. The van der Waals surface area contributed by atoms with Gasteiger partial charge in [-0.25, -0.2) is 4.39 Å². The predicted molar refractivity (Wildman–Crippen MR) is 74.9 cm³/mol. The van der Waals surface area contributed by atoms with Crippen molar-refractivity contribution in [1.82, 2.24) is 4.90 Å². The van der Waals surface area contributed by atoms with E-state index in [1.807, 2.05) is 13.8 Å². The molecule has 0 radical (unpaired) electrons. The molecule has 0 spiro atoms. The van der Waals surface area contributed by atoms with E-state index in [1.165, 1.54) is 12.1 Å². The lowest BCUT2D eigenvalue weighted by Gasteiger charge is -2.26. The third-order valence-corrected chi connectivity index (χ3v) is 3.05. The molecule has 0 heterocycles. The maximum absolute atomic E-state index is 13.2. The Labute approximate surface area is 112 Å². The van der Waals surface area contributed by atoms with Crippen LogP contribution in [0.2, 0.25) is 0 Å². The minimum atomic E-state index is -0.347. The normalized spacial score (nSPS) is 11.2. The van der Waals surface area contributed by atoms with E-state index < -0.39 is 0 Å². The molecular formula is C13H19FN2OS. The average molecular weight is 270 g/mol. The summed E-state index contributed by atoms with van der Waals surface area (Å²) in [5.74, 6) is -0.347. The fourth-order valence-electron chi connectivity index (χ4n) is 1.78. The number of nitrogens with two attached hydrogens (primary N) is 1. The number of hydrogen-bond acceptors (Lipinski definition) is 3. The summed E-state index contributed by atoms with van der Waals surface area (Å²) in [4.78, 5) is 2.27. The molecule has 3 N–H and O–H groups in total. The molecule has 0 aliphatic rings. The highest BCUT2D eigenvalue weighted by molar-refractivity contribution is 7.80. The van der Waals surface area contributed by atoms with Crippen LogP contribution < -0.4 is 5.73 Å². The van der Waals surface area contributed by atoms with Crippen LogP contribution in [0.4, 0.5) is 4.39 Å². The zero-order valence-electron chi connectivity index (χ0n) is 10.7. The van der Waals surface area contributed by atoms with E-state index in [4.69, 9.17) is 23.1 Å². The van der Waals surface area contributed by atoms with Gasteiger partial charge in [-0.05, 0) is 31.5 Å². The molecule has 0 atom stereocenters. The molecule has 0 amide bonds. The Bertz CT molecular complexity index is 423. The molecule has 0 saturated carbocycles. The third kappa shape index (κ3) is 4.01. The third-order valence-electron chi connectivity index (χ3n) is 2.83. The summed E-state index contributed by atoms with van der Waals surface area (Å²) in [6, 6.07) is 4.72. The smallest absolute Gasteiger partial charge is 0.123 e. The number of aliphatic hydroxyl groups excluding tert-OH is 1. The van der Waals surface area contributed by atoms with Crippen LogP contribution in [-0.4, -0.2) is 34.2 Å². The largest absolute Gasteiger partial charge is 0.395 e. The maximum Gasteiger partial charge on any atom is 0.123 e. The molecule has 3 nitrogen and oxygen atoms in total. The molecule has 0 unspecified atom stereocenters. The molecule has 0 aliphatic heterocycles. The van der Waals surface area contributed by atoms with Crippen LogP contribution in [0.3, 0.4) is 0 Å². The van der Waals surface area contributed by atoms with E-state index in [1.54, 1.807) is 6.07 Å². The number of benzene rings is 1. The molecule has 5 heteroatoms. The van der Waals surface area contributed by atoms with Gasteiger partial charge in [-0.1, -0.05) is 18.3 Å². The highest BCUT2D eigenvalue weighted by Crippen LogP contribution is 2.15. The van der Waals surface area contributed by atoms with Gasteiger partial charge in [0.25, 0.3) is 0 Å². The first-order valence-electron chi connectivity index (χ1n) is 5.88. The van der Waals surface area contributed by atoms with Gasteiger partial charge in [0.2, 0.25) is 0 Å². The van der Waals surface area contributed by atoms with Gasteiger partial charge in [-0.2, -0.15) is 0 Å². The Morgan fingerprint density at radius 1 is 1.50 bits per heavy atom. The number of nitrogens with zero attached hydrogens (tertiary/aromatic N) is 1. The second-order valence-electron chi connectivity index (χ2n) is 4.45. The van der Waals surface area contributed by atoms with E-state index >= 15 is 0 Å². The summed E-state index contributed by atoms with van der Waals surface area (Å²) in [6.07, 6.45) is 0. The van der Waals surface area contributed by atoms with Crippen molar-refractivity contribution >= 4 is 17.2 Å². The zero-order chi connectivity index (χ0) is 13.7. The Morgan fingerprint density at radius 3 is 2.67 bits per heavy atom. The number of thiocarbonyl (C=S) groups is 1. The number of halogens is 1. The van der Waals surface area contributed by atoms with Gasteiger partial charge in [-0.3, -0.25) is 4.90 Å². The van der Waals surface area contributed by atoms with Crippen LogP contribution in [0, 0.1) is 5.82 Å². The number of aliphatic hydroxyl groups is 1. The van der Waals surface area contributed by atoms with Crippen molar-refractivity contribution in [2.45, 2.75) is 26.4 Å². The van der Waals surface area contributed by atoms with Gasteiger partial charge in [-0.15, -0.1) is 0 Å². The lowest BCUT2D eigenvalue weighted by Crippen LogP contribution is -2.33. The molecule has 0 aliphatic carbocycles. The second kappa shape index (κ2) is 6.78. The lowest BCUT2D eigenvalue weighted by atomic mass is 10.1. The monoisotopic (exact) mass is 270 g/mol. The van der Waals surface area contributed by atoms with Crippen molar-refractivity contribution in [3.8, 4) is 0 Å². The van der Waals surface area contributed by atoms with E-state index in [2.05, 4.69) is 4.90 Å². The Balaban J connectivity index is 2.98. The van der Waals surface area contributed by atoms with Gasteiger partial charge in [0.05, 0.1) is 6.61 Å². The number of hydrogen-bond donors (Lipinski definition) is 2. The topological polar surface area (TPSA) is 49.5 Å². The Kier molecular flexibility index (Phi) is 5.65. The highest BCUT2D eigenvalue weighted by Gasteiger charge is 2.13. The number of rotatable bonds is 6. The van der Waals surface area contributed by atoms with Crippen LogP contribution in [0.5, 0.6) is 0 Å². The summed E-state index contributed by atoms with van der Waals surface area (Å²) < 4.78 is 13.2. The maximum atomic E-state index is 13.2. The van der Waals surface area contributed by atoms with E-state index in [-0.39, 0.29) is 23.5 Å². The van der Waals surface area contributed by atoms with E-state index in [9.17, 15) is 4.39 Å². The first-order chi connectivity index (χ1) is 8.45. The summed E-state index contributed by atoms with van der Waals surface area (Å²) in [6.45, 7) is 5.32. The van der Waals surface area contributed by atoms with Crippen LogP contribution >= 0.6 is 12.2 Å². The molecule has 0 fully saturated rings. The lowest BCUT2D eigenvalue weighted by molar-refractivity contribution is 0.159. The minimum absolute atomic E-state index is 0.0851. The molecular weight excluding hydrogens is 251 g/mol. The van der Waals surface area contributed by atoms with Crippen LogP contribution in [-0.2, 0) is 6.54 Å². The van der Waals surface area contributed by atoms with Crippen molar-refractivity contribution in [2.75, 3.05) is 13.2 Å². The van der Waals surface area contributed by atoms with Gasteiger partial charge in [0, 0.05) is 24.7 Å². The fourth-order valence-corrected chi connectivity index (χ4v) is 1.97. The average Bonchev–Trinajstić information content (AvgIpc) is 2.30. The minimum Gasteiger partial charge on any atom is -0.395 e. The van der Waals surface area contributed by atoms with Crippen molar-refractivity contribution in [3.05, 3.63) is 35.1 Å². The van der Waals surface area contributed by atoms with E-state index in [0.29, 0.717) is 18.7 Å². The highest BCUT2D eigenvalue weighted by atomic mass is 32.1. The van der Waals surface area contributed by atoms with E-state index in [0.717, 1.165) is 5.56 Å². The summed E-state index contributed by atoms with van der Waals surface area (Å²) in [5, 5.41) is 9.03. The van der Waals surface area contributed by atoms with Crippen molar-refractivity contribution in [3.63, 3.8) is 0 Å². The predicted octanol–water partition coefficient (Wildman–Crippen LogP) is 1.66.